The van der Waals surface area contributed by atoms with Crippen molar-refractivity contribution in [3.05, 3.63) is 23.8 Å². The van der Waals surface area contributed by atoms with Crippen molar-refractivity contribution in [2.75, 3.05) is 7.11 Å². The molecule has 2 aromatic heterocycles. The minimum atomic E-state index is -0.945. The fourth-order valence-electron chi connectivity index (χ4n) is 6.65. The lowest BCUT2D eigenvalue weighted by Gasteiger charge is -2.55. The molecular formula is C23H30FN3O3. The fourth-order valence-corrected chi connectivity index (χ4v) is 6.65. The van der Waals surface area contributed by atoms with Gasteiger partial charge in [-0.05, 0) is 63.4 Å². The number of nitrogens with zero attached hydrogens (tertiary/aromatic N) is 2. The second-order valence-corrected chi connectivity index (χ2v) is 10.6. The maximum atomic E-state index is 15.1. The highest BCUT2D eigenvalue weighted by Crippen LogP contribution is 2.56. The fraction of sp³-hybridized carbons (Fsp3) is 0.652. The van der Waals surface area contributed by atoms with E-state index in [1.54, 1.807) is 6.20 Å². The van der Waals surface area contributed by atoms with Crippen LogP contribution in [0.1, 0.15) is 64.9 Å². The quantitative estimate of drug-likeness (QED) is 0.802. The molecule has 4 aliphatic rings. The third-order valence-electron chi connectivity index (χ3n) is 7.83. The molecule has 4 bridgehead atoms. The van der Waals surface area contributed by atoms with Crippen LogP contribution in [-0.4, -0.2) is 50.7 Å². The molecular weight excluding hydrogens is 385 g/mol. The van der Waals surface area contributed by atoms with Crippen molar-refractivity contribution in [2.24, 2.45) is 5.41 Å². The lowest BCUT2D eigenvalue weighted by molar-refractivity contribution is -0.153. The first-order chi connectivity index (χ1) is 14.1. The lowest BCUT2D eigenvalue weighted by Crippen LogP contribution is -2.61. The van der Waals surface area contributed by atoms with Crippen LogP contribution < -0.4 is 4.74 Å². The predicted molar refractivity (Wildman–Crippen MR) is 111 cm³/mol. The van der Waals surface area contributed by atoms with Gasteiger partial charge in [-0.25, -0.2) is 9.37 Å². The van der Waals surface area contributed by atoms with Gasteiger partial charge >= 0.3 is 0 Å². The number of hydrogen-bond donors (Lipinski definition) is 2. The van der Waals surface area contributed by atoms with Gasteiger partial charge < -0.3 is 19.7 Å². The molecule has 4 unspecified atom stereocenters. The number of aromatic amines is 1. The first-order valence-electron chi connectivity index (χ1n) is 10.8. The molecule has 4 atom stereocenters. The van der Waals surface area contributed by atoms with E-state index in [4.69, 9.17) is 4.74 Å². The molecule has 30 heavy (non-hydrogen) atoms. The number of fused-ring (bicyclic) bond motifs is 2. The molecule has 4 fully saturated rings. The summed E-state index contributed by atoms with van der Waals surface area (Å²) in [5.41, 5.74) is -0.536. The Balaban J connectivity index is 1.56. The molecule has 2 saturated heterocycles. The van der Waals surface area contributed by atoms with Gasteiger partial charge in [0.25, 0.3) is 0 Å². The lowest BCUT2D eigenvalue weighted by atomic mass is 9.62. The van der Waals surface area contributed by atoms with Crippen molar-refractivity contribution in [2.45, 2.75) is 82.4 Å². The van der Waals surface area contributed by atoms with Crippen molar-refractivity contribution in [3.63, 3.8) is 0 Å². The molecule has 2 aliphatic heterocycles. The largest absolute Gasteiger partial charge is 0.492 e. The number of carbonyl (C=O) groups is 1. The summed E-state index contributed by atoms with van der Waals surface area (Å²) in [6, 6.07) is 0.157. The maximum Gasteiger partial charge on any atom is 0.233 e. The molecule has 2 aliphatic carbocycles. The third-order valence-corrected chi connectivity index (χ3v) is 7.83. The number of H-pyrrole nitrogens is 1. The molecule has 6 nitrogen and oxygen atoms in total. The summed E-state index contributed by atoms with van der Waals surface area (Å²) < 4.78 is 20.2. The van der Waals surface area contributed by atoms with E-state index in [0.717, 1.165) is 32.1 Å². The second kappa shape index (κ2) is 6.19. The zero-order valence-corrected chi connectivity index (χ0v) is 18.1. The van der Waals surface area contributed by atoms with E-state index < -0.39 is 16.8 Å². The van der Waals surface area contributed by atoms with E-state index in [9.17, 15) is 9.90 Å². The van der Waals surface area contributed by atoms with Gasteiger partial charge in [0, 0.05) is 18.3 Å². The van der Waals surface area contributed by atoms with Gasteiger partial charge in [-0.15, -0.1) is 0 Å². The standard InChI is InChI=1S/C23H30FN3O3/c1-21(2,15-10-25-19-17(15)18(24)16(30-4)11-26-19)20(28)27-13-5-6-23(29)9-14(27)8-22(3,7-13)12-23/h10-11,13-14,29H,5-9,12H2,1-4H3,(H,25,26). The van der Waals surface area contributed by atoms with Crippen LogP contribution in [0.2, 0.25) is 0 Å². The number of hydrogen-bond acceptors (Lipinski definition) is 4. The van der Waals surface area contributed by atoms with Crippen molar-refractivity contribution in [3.8, 4) is 5.75 Å². The van der Waals surface area contributed by atoms with Crippen LogP contribution in [0.5, 0.6) is 5.75 Å². The van der Waals surface area contributed by atoms with Gasteiger partial charge in [0.1, 0.15) is 5.65 Å². The zero-order chi connectivity index (χ0) is 21.5. The summed E-state index contributed by atoms with van der Waals surface area (Å²) in [5.74, 6) is -0.443. The van der Waals surface area contributed by atoms with Crippen LogP contribution in [0.25, 0.3) is 11.0 Å². The van der Waals surface area contributed by atoms with E-state index >= 15 is 4.39 Å². The zero-order valence-electron chi connectivity index (χ0n) is 18.1. The van der Waals surface area contributed by atoms with E-state index in [1.807, 2.05) is 18.7 Å². The Bertz CT molecular complexity index is 1030. The molecule has 6 rings (SSSR count). The highest BCUT2D eigenvalue weighted by molar-refractivity contribution is 5.94. The van der Waals surface area contributed by atoms with Crippen molar-refractivity contribution in [1.82, 2.24) is 14.9 Å². The Morgan fingerprint density at radius 3 is 2.83 bits per heavy atom. The Morgan fingerprint density at radius 2 is 2.10 bits per heavy atom. The second-order valence-electron chi connectivity index (χ2n) is 10.6. The third kappa shape index (κ3) is 2.70. The molecule has 2 aromatic rings. The van der Waals surface area contributed by atoms with Crippen LogP contribution in [0.3, 0.4) is 0 Å². The summed E-state index contributed by atoms with van der Waals surface area (Å²) in [6.07, 6.45) is 7.92. The molecule has 4 heterocycles. The smallest absolute Gasteiger partial charge is 0.233 e. The molecule has 0 aromatic carbocycles. The topological polar surface area (TPSA) is 78.5 Å². The molecule has 0 spiro atoms. The number of methoxy groups -OCH3 is 1. The number of aliphatic hydroxyl groups is 1. The van der Waals surface area contributed by atoms with Crippen LogP contribution in [0, 0.1) is 11.2 Å². The Kier molecular flexibility index (Phi) is 4.08. The summed E-state index contributed by atoms with van der Waals surface area (Å²) in [6.45, 7) is 5.96. The van der Waals surface area contributed by atoms with Gasteiger partial charge in [0.05, 0.1) is 29.7 Å². The average molecular weight is 416 g/mol. The van der Waals surface area contributed by atoms with Gasteiger partial charge in [-0.1, -0.05) is 6.92 Å². The van der Waals surface area contributed by atoms with E-state index in [-0.39, 0.29) is 29.2 Å². The molecule has 7 heteroatoms. The summed E-state index contributed by atoms with van der Waals surface area (Å²) >= 11 is 0. The molecule has 0 radical (unpaired) electrons. The molecule has 2 saturated carbocycles. The average Bonchev–Trinajstić information content (AvgIpc) is 3.04. The Hall–Kier alpha value is -2.15. The molecule has 2 N–H and O–H groups in total. The number of aromatic nitrogens is 2. The number of rotatable bonds is 3. The van der Waals surface area contributed by atoms with E-state index in [1.165, 1.54) is 13.3 Å². The van der Waals surface area contributed by atoms with Crippen LogP contribution in [-0.2, 0) is 10.2 Å². The van der Waals surface area contributed by atoms with Gasteiger partial charge in [0.2, 0.25) is 5.91 Å². The number of ether oxygens (including phenoxy) is 1. The summed E-state index contributed by atoms with van der Waals surface area (Å²) in [7, 11) is 1.41. The number of halogens is 1. The normalized spacial score (nSPS) is 33.2. The Morgan fingerprint density at radius 1 is 1.37 bits per heavy atom. The Labute approximate surface area is 175 Å². The number of piperidine rings is 1. The minimum absolute atomic E-state index is 0.00572. The van der Waals surface area contributed by atoms with Crippen molar-refractivity contribution >= 4 is 16.9 Å². The molecule has 162 valence electrons. The van der Waals surface area contributed by atoms with Gasteiger partial charge in [-0.2, -0.15) is 0 Å². The van der Waals surface area contributed by atoms with E-state index in [2.05, 4.69) is 16.9 Å². The number of carbonyl (C=O) groups excluding carboxylic acids is 1. The van der Waals surface area contributed by atoms with Gasteiger partial charge in [-0.3, -0.25) is 4.79 Å². The molecule has 1 amide bonds. The van der Waals surface area contributed by atoms with Crippen molar-refractivity contribution in [1.29, 1.82) is 0 Å². The van der Waals surface area contributed by atoms with Crippen LogP contribution in [0.4, 0.5) is 4.39 Å². The van der Waals surface area contributed by atoms with Crippen LogP contribution >= 0.6 is 0 Å². The number of amides is 1. The summed E-state index contributed by atoms with van der Waals surface area (Å²) in [5, 5.41) is 11.5. The first-order valence-corrected chi connectivity index (χ1v) is 10.8. The maximum absolute atomic E-state index is 15.1. The van der Waals surface area contributed by atoms with Crippen molar-refractivity contribution < 1.29 is 19.0 Å². The first kappa shape index (κ1) is 19.8. The van der Waals surface area contributed by atoms with E-state index in [0.29, 0.717) is 23.0 Å². The number of nitrogens with one attached hydrogen (secondary N) is 1. The SMILES string of the molecule is COc1cnc2[nH]cc(C(C)(C)C(=O)N3C4CCC5(O)CC3CC(C)(C4)C5)c2c1F. The number of pyridine rings is 1. The highest BCUT2D eigenvalue weighted by atomic mass is 19.1. The minimum Gasteiger partial charge on any atom is -0.492 e. The van der Waals surface area contributed by atoms with Gasteiger partial charge in [0.15, 0.2) is 11.6 Å². The van der Waals surface area contributed by atoms with Crippen LogP contribution in [0.15, 0.2) is 12.4 Å². The monoisotopic (exact) mass is 415 g/mol. The predicted octanol–water partition coefficient (Wildman–Crippen LogP) is 3.67. The summed E-state index contributed by atoms with van der Waals surface area (Å²) in [4.78, 5) is 23.3. The highest BCUT2D eigenvalue weighted by Gasteiger charge is 2.57.